The van der Waals surface area contributed by atoms with Crippen molar-refractivity contribution in [1.29, 1.82) is 0 Å². The van der Waals surface area contributed by atoms with Crippen molar-refractivity contribution in [3.05, 3.63) is 23.8 Å². The summed E-state index contributed by atoms with van der Waals surface area (Å²) >= 11 is 0. The average Bonchev–Trinajstić information content (AvgIpc) is 2.49. The van der Waals surface area contributed by atoms with Crippen molar-refractivity contribution in [3.8, 4) is 0 Å². The van der Waals surface area contributed by atoms with Gasteiger partial charge in [0.2, 0.25) is 11.8 Å². The summed E-state index contributed by atoms with van der Waals surface area (Å²) in [7, 11) is 0. The van der Waals surface area contributed by atoms with Gasteiger partial charge in [0.15, 0.2) is 0 Å². The molecule has 0 aliphatic carbocycles. The Morgan fingerprint density at radius 2 is 1.36 bits per heavy atom. The first-order valence-electron chi connectivity index (χ1n) is 7.92. The summed E-state index contributed by atoms with van der Waals surface area (Å²) in [4.78, 5) is 44.5. The van der Waals surface area contributed by atoms with Crippen LogP contribution in [-0.4, -0.2) is 34.0 Å². The summed E-state index contributed by atoms with van der Waals surface area (Å²) in [6.07, 6.45) is 0.548. The van der Waals surface area contributed by atoms with E-state index in [4.69, 9.17) is 10.2 Å². The Balaban J connectivity index is 2.57. The number of hydrogen-bond donors (Lipinski definition) is 4. The van der Waals surface area contributed by atoms with E-state index < -0.39 is 11.9 Å². The maximum atomic E-state index is 11.8. The number of carbonyl (C=O) groups is 4. The van der Waals surface area contributed by atoms with Gasteiger partial charge in [-0.1, -0.05) is 6.07 Å². The predicted octanol–water partition coefficient (Wildman–Crippen LogP) is 2.38. The smallest absolute Gasteiger partial charge is 0.303 e. The summed E-state index contributed by atoms with van der Waals surface area (Å²) in [5, 5.41) is 22.5. The van der Waals surface area contributed by atoms with Gasteiger partial charge in [0.05, 0.1) is 0 Å². The highest BCUT2D eigenvalue weighted by atomic mass is 16.4. The minimum Gasteiger partial charge on any atom is -0.481 e. The van der Waals surface area contributed by atoms with Crippen LogP contribution in [0.1, 0.15) is 44.1 Å². The number of aryl methyl sites for hydroxylation is 1. The molecule has 0 unspecified atom stereocenters. The fourth-order valence-corrected chi connectivity index (χ4v) is 2.07. The van der Waals surface area contributed by atoms with E-state index in [2.05, 4.69) is 10.6 Å². The van der Waals surface area contributed by atoms with E-state index in [0.29, 0.717) is 11.4 Å². The molecule has 2 amide bonds. The normalized spacial score (nSPS) is 10.1. The van der Waals surface area contributed by atoms with E-state index >= 15 is 0 Å². The molecule has 25 heavy (non-hydrogen) atoms. The fraction of sp³-hybridized carbons (Fsp3) is 0.412. The highest BCUT2D eigenvalue weighted by Crippen LogP contribution is 2.21. The number of carboxylic acids is 2. The highest BCUT2D eigenvalue weighted by molar-refractivity contribution is 5.94. The van der Waals surface area contributed by atoms with Gasteiger partial charge in [-0.15, -0.1) is 0 Å². The summed E-state index contributed by atoms with van der Waals surface area (Å²) in [6, 6.07) is 5.03. The lowest BCUT2D eigenvalue weighted by Gasteiger charge is -2.11. The van der Waals surface area contributed by atoms with E-state index in [9.17, 15) is 19.2 Å². The van der Waals surface area contributed by atoms with E-state index in [0.717, 1.165) is 5.56 Å². The molecular weight excluding hydrogens is 328 g/mol. The molecule has 0 heterocycles. The quantitative estimate of drug-likeness (QED) is 0.512. The molecule has 8 heteroatoms. The predicted molar refractivity (Wildman–Crippen MR) is 91.4 cm³/mol. The third kappa shape index (κ3) is 8.50. The Bertz CT molecular complexity index is 657. The first kappa shape index (κ1) is 20.1. The monoisotopic (exact) mass is 350 g/mol. The van der Waals surface area contributed by atoms with Crippen LogP contribution in [0.15, 0.2) is 18.2 Å². The lowest BCUT2D eigenvalue weighted by molar-refractivity contribution is -0.138. The minimum absolute atomic E-state index is 0.0705. The Morgan fingerprint density at radius 3 is 1.88 bits per heavy atom. The second-order valence-electron chi connectivity index (χ2n) is 5.62. The van der Waals surface area contributed by atoms with Gasteiger partial charge in [-0.2, -0.15) is 0 Å². The Labute approximate surface area is 145 Å². The third-order valence-electron chi connectivity index (χ3n) is 3.38. The largest absolute Gasteiger partial charge is 0.481 e. The van der Waals surface area contributed by atoms with Gasteiger partial charge in [-0.25, -0.2) is 0 Å². The molecule has 0 aliphatic rings. The molecule has 1 aromatic rings. The first-order valence-corrected chi connectivity index (χ1v) is 7.92. The van der Waals surface area contributed by atoms with Crippen LogP contribution in [0.5, 0.6) is 0 Å². The van der Waals surface area contributed by atoms with Gasteiger partial charge in [0.1, 0.15) is 0 Å². The molecule has 0 bridgehead atoms. The van der Waals surface area contributed by atoms with Crippen LogP contribution in [0.25, 0.3) is 0 Å². The zero-order chi connectivity index (χ0) is 18.8. The molecule has 0 aromatic heterocycles. The zero-order valence-electron chi connectivity index (χ0n) is 14.0. The number of carboxylic acid groups (broad SMARTS) is 2. The van der Waals surface area contributed by atoms with Crippen LogP contribution in [-0.2, 0) is 19.2 Å². The number of anilines is 2. The second-order valence-corrected chi connectivity index (χ2v) is 5.62. The van der Waals surface area contributed by atoms with E-state index in [1.807, 2.05) is 0 Å². The molecule has 0 spiro atoms. The van der Waals surface area contributed by atoms with Gasteiger partial charge in [0, 0.05) is 37.1 Å². The molecule has 0 saturated heterocycles. The summed E-state index contributed by atoms with van der Waals surface area (Å²) in [5.41, 5.74) is 1.82. The highest BCUT2D eigenvalue weighted by Gasteiger charge is 2.09. The van der Waals surface area contributed by atoms with Crippen LogP contribution >= 0.6 is 0 Å². The summed E-state index contributed by atoms with van der Waals surface area (Å²) in [5.74, 6) is -2.49. The van der Waals surface area contributed by atoms with Crippen molar-refractivity contribution in [2.75, 3.05) is 10.6 Å². The maximum Gasteiger partial charge on any atom is 0.303 e. The van der Waals surface area contributed by atoms with Gasteiger partial charge in [-0.3, -0.25) is 19.2 Å². The lowest BCUT2D eigenvalue weighted by Crippen LogP contribution is -2.14. The van der Waals surface area contributed by atoms with Crippen LogP contribution in [0.4, 0.5) is 11.4 Å². The Kier molecular flexibility index (Phi) is 8.11. The molecule has 136 valence electrons. The van der Waals surface area contributed by atoms with Crippen LogP contribution in [0, 0.1) is 6.92 Å². The molecular formula is C17H22N2O6. The number of aliphatic carboxylic acids is 2. The van der Waals surface area contributed by atoms with Crippen molar-refractivity contribution >= 4 is 35.1 Å². The third-order valence-corrected chi connectivity index (χ3v) is 3.38. The molecule has 1 aromatic carbocycles. The second kappa shape index (κ2) is 10.1. The van der Waals surface area contributed by atoms with Gasteiger partial charge in [0.25, 0.3) is 0 Å². The number of benzene rings is 1. The van der Waals surface area contributed by atoms with E-state index in [1.165, 1.54) is 0 Å². The number of amides is 2. The fourth-order valence-electron chi connectivity index (χ4n) is 2.07. The number of nitrogens with one attached hydrogen (secondary N) is 2. The molecule has 0 aliphatic heterocycles. The SMILES string of the molecule is Cc1ccc(NC(=O)CCCC(=O)O)cc1NC(=O)CCCC(=O)O. The van der Waals surface area contributed by atoms with Crippen molar-refractivity contribution in [2.24, 2.45) is 0 Å². The lowest BCUT2D eigenvalue weighted by atomic mass is 10.1. The Hall–Kier alpha value is -2.90. The van der Waals surface area contributed by atoms with Crippen LogP contribution in [0.2, 0.25) is 0 Å². The van der Waals surface area contributed by atoms with Crippen molar-refractivity contribution in [3.63, 3.8) is 0 Å². The molecule has 4 N–H and O–H groups in total. The molecule has 1 rings (SSSR count). The molecule has 0 radical (unpaired) electrons. The van der Waals surface area contributed by atoms with Gasteiger partial charge >= 0.3 is 11.9 Å². The number of rotatable bonds is 10. The van der Waals surface area contributed by atoms with Crippen molar-refractivity contribution in [1.82, 2.24) is 0 Å². The Morgan fingerprint density at radius 1 is 0.840 bits per heavy atom. The minimum atomic E-state index is -0.948. The van der Waals surface area contributed by atoms with Gasteiger partial charge < -0.3 is 20.8 Å². The number of carbonyl (C=O) groups excluding carboxylic acids is 2. The molecule has 0 saturated carbocycles. The van der Waals surface area contributed by atoms with Crippen LogP contribution < -0.4 is 10.6 Å². The van der Waals surface area contributed by atoms with E-state index in [1.54, 1.807) is 25.1 Å². The topological polar surface area (TPSA) is 133 Å². The average molecular weight is 350 g/mol. The van der Waals surface area contributed by atoms with Gasteiger partial charge in [-0.05, 0) is 37.5 Å². The zero-order valence-corrected chi connectivity index (χ0v) is 14.0. The molecule has 0 atom stereocenters. The van der Waals surface area contributed by atoms with E-state index in [-0.39, 0.29) is 50.3 Å². The number of hydrogen-bond acceptors (Lipinski definition) is 4. The molecule has 0 fully saturated rings. The standard InChI is InChI=1S/C17H22N2O6/c1-11-8-9-12(18-14(20)4-2-6-16(22)23)10-13(11)19-15(21)5-3-7-17(24)25/h8-10H,2-7H2,1H3,(H,18,20)(H,19,21)(H,22,23)(H,24,25). The van der Waals surface area contributed by atoms with Crippen LogP contribution in [0.3, 0.4) is 0 Å². The maximum absolute atomic E-state index is 11.8. The molecule has 8 nitrogen and oxygen atoms in total. The van der Waals surface area contributed by atoms with Crippen molar-refractivity contribution < 1.29 is 29.4 Å². The first-order chi connectivity index (χ1) is 11.8. The van der Waals surface area contributed by atoms with Crippen molar-refractivity contribution in [2.45, 2.75) is 45.4 Å². The summed E-state index contributed by atoms with van der Waals surface area (Å²) < 4.78 is 0. The summed E-state index contributed by atoms with van der Waals surface area (Å²) in [6.45, 7) is 1.80.